The molecule has 0 amide bonds. The molecule has 4 rings (SSSR count). The van der Waals surface area contributed by atoms with Crippen LogP contribution in [0.5, 0.6) is 0 Å². The predicted molar refractivity (Wildman–Crippen MR) is 62.3 cm³/mol. The molecular weight excluding hydrogens is 182 g/mol. The van der Waals surface area contributed by atoms with E-state index in [0.29, 0.717) is 0 Å². The lowest BCUT2D eigenvalue weighted by molar-refractivity contribution is -0.0150. The Hall–Kier alpha value is -0.480. The van der Waals surface area contributed by atoms with E-state index in [0.717, 1.165) is 29.7 Å². The highest BCUT2D eigenvalue weighted by molar-refractivity contribution is 5.05. The molecule has 0 aromatic rings. The summed E-state index contributed by atoms with van der Waals surface area (Å²) < 4.78 is 0. The van der Waals surface area contributed by atoms with Crippen LogP contribution >= 0.6 is 0 Å². The molecule has 0 saturated heterocycles. The van der Waals surface area contributed by atoms with Crippen LogP contribution in [-0.4, -0.2) is 12.1 Å². The fraction of sp³-hybridized carbons (Fsp3) is 0.857. The van der Waals surface area contributed by atoms with Gasteiger partial charge in [0, 0.05) is 6.04 Å². The van der Waals surface area contributed by atoms with E-state index in [2.05, 4.69) is 18.2 Å². The summed E-state index contributed by atoms with van der Waals surface area (Å²) in [6.45, 7) is 2.12. The summed E-state index contributed by atoms with van der Waals surface area (Å²) in [6, 6.07) is 0.997. The first-order valence-corrected chi connectivity index (χ1v) is 6.48. The fourth-order valence-electron chi connectivity index (χ4n) is 4.53. The monoisotopic (exact) mass is 203 g/mol. The number of hydrogen-bond donors (Lipinski definition) is 1. The number of rotatable bonds is 2. The van der Waals surface area contributed by atoms with E-state index in [9.17, 15) is 0 Å². The number of terminal acetylenes is 1. The molecule has 82 valence electrons. The molecule has 4 aliphatic rings. The van der Waals surface area contributed by atoms with Crippen molar-refractivity contribution in [2.75, 3.05) is 0 Å². The van der Waals surface area contributed by atoms with Crippen LogP contribution in [0.25, 0.3) is 0 Å². The van der Waals surface area contributed by atoms with Crippen molar-refractivity contribution in [2.24, 2.45) is 23.7 Å². The van der Waals surface area contributed by atoms with Crippen LogP contribution < -0.4 is 5.32 Å². The molecule has 0 radical (unpaired) electrons. The zero-order chi connectivity index (χ0) is 10.4. The van der Waals surface area contributed by atoms with E-state index in [-0.39, 0.29) is 6.04 Å². The van der Waals surface area contributed by atoms with E-state index in [1.54, 1.807) is 0 Å². The van der Waals surface area contributed by atoms with Crippen LogP contribution in [0.15, 0.2) is 0 Å². The van der Waals surface area contributed by atoms with Crippen molar-refractivity contribution < 1.29 is 0 Å². The Bertz CT molecular complexity index is 260. The van der Waals surface area contributed by atoms with E-state index in [4.69, 9.17) is 6.42 Å². The Morgan fingerprint density at radius 2 is 1.60 bits per heavy atom. The molecule has 1 N–H and O–H groups in total. The molecule has 15 heavy (non-hydrogen) atoms. The van der Waals surface area contributed by atoms with E-state index in [1.807, 2.05) is 0 Å². The van der Waals surface area contributed by atoms with Crippen LogP contribution in [-0.2, 0) is 0 Å². The minimum Gasteiger partial charge on any atom is -0.301 e. The highest BCUT2D eigenvalue weighted by atomic mass is 15.0. The SMILES string of the molecule is C#CC(C)NC1C2CC3CC(C2)CC1C3. The smallest absolute Gasteiger partial charge is 0.0660 e. The first-order chi connectivity index (χ1) is 7.26. The van der Waals surface area contributed by atoms with E-state index >= 15 is 0 Å². The summed E-state index contributed by atoms with van der Waals surface area (Å²) in [4.78, 5) is 0. The summed E-state index contributed by atoms with van der Waals surface area (Å²) >= 11 is 0. The van der Waals surface area contributed by atoms with Gasteiger partial charge in [-0.25, -0.2) is 0 Å². The van der Waals surface area contributed by atoms with Crippen molar-refractivity contribution in [2.45, 2.75) is 51.1 Å². The zero-order valence-corrected chi connectivity index (χ0v) is 9.58. The topological polar surface area (TPSA) is 12.0 Å². The lowest BCUT2D eigenvalue weighted by atomic mass is 9.54. The van der Waals surface area contributed by atoms with Gasteiger partial charge >= 0.3 is 0 Å². The van der Waals surface area contributed by atoms with Crippen molar-refractivity contribution in [3.63, 3.8) is 0 Å². The van der Waals surface area contributed by atoms with Crippen molar-refractivity contribution in [3.8, 4) is 12.3 Å². The minimum absolute atomic E-state index is 0.257. The zero-order valence-electron chi connectivity index (χ0n) is 9.58. The summed E-state index contributed by atoms with van der Waals surface area (Å²) in [5.74, 6) is 6.82. The second-order valence-corrected chi connectivity index (χ2v) is 6.01. The lowest BCUT2D eigenvalue weighted by Gasteiger charge is -2.55. The van der Waals surface area contributed by atoms with Gasteiger partial charge in [-0.3, -0.25) is 0 Å². The van der Waals surface area contributed by atoms with Gasteiger partial charge in [-0.05, 0) is 62.7 Å². The van der Waals surface area contributed by atoms with Gasteiger partial charge < -0.3 is 5.32 Å². The first kappa shape index (κ1) is 9.73. The van der Waals surface area contributed by atoms with Gasteiger partial charge in [0.25, 0.3) is 0 Å². The predicted octanol–water partition coefficient (Wildman–Crippen LogP) is 2.42. The maximum absolute atomic E-state index is 5.46. The van der Waals surface area contributed by atoms with Crippen LogP contribution in [0.1, 0.15) is 39.0 Å². The molecule has 1 heteroatoms. The van der Waals surface area contributed by atoms with Gasteiger partial charge in [0.05, 0.1) is 6.04 Å². The van der Waals surface area contributed by atoms with Crippen LogP contribution in [0.2, 0.25) is 0 Å². The maximum atomic E-state index is 5.46. The van der Waals surface area contributed by atoms with Crippen molar-refractivity contribution in [1.82, 2.24) is 5.32 Å². The molecule has 0 heterocycles. The molecule has 0 aliphatic heterocycles. The summed E-state index contributed by atoms with van der Waals surface area (Å²) in [5.41, 5.74) is 0. The summed E-state index contributed by atoms with van der Waals surface area (Å²) in [6.07, 6.45) is 12.9. The highest BCUT2D eigenvalue weighted by Gasteiger charge is 2.48. The third-order valence-corrected chi connectivity index (χ3v) is 4.92. The Kier molecular flexibility index (Phi) is 2.29. The second-order valence-electron chi connectivity index (χ2n) is 6.01. The van der Waals surface area contributed by atoms with Gasteiger partial charge in [0.1, 0.15) is 0 Å². The van der Waals surface area contributed by atoms with Crippen molar-refractivity contribution in [1.29, 1.82) is 0 Å². The molecule has 1 unspecified atom stereocenters. The Balaban J connectivity index is 1.72. The first-order valence-electron chi connectivity index (χ1n) is 6.48. The molecular formula is C14H21N. The molecule has 0 aromatic carbocycles. The summed E-state index contributed by atoms with van der Waals surface area (Å²) in [5, 5.41) is 3.68. The fourth-order valence-corrected chi connectivity index (χ4v) is 4.53. The van der Waals surface area contributed by atoms with Gasteiger partial charge in [0.15, 0.2) is 0 Å². The highest BCUT2D eigenvalue weighted by Crippen LogP contribution is 2.53. The molecule has 4 fully saturated rings. The lowest BCUT2D eigenvalue weighted by Crippen LogP contribution is -2.56. The molecule has 1 nitrogen and oxygen atoms in total. The largest absolute Gasteiger partial charge is 0.301 e. The van der Waals surface area contributed by atoms with Crippen LogP contribution in [0, 0.1) is 36.0 Å². The molecule has 4 aliphatic carbocycles. The van der Waals surface area contributed by atoms with Crippen molar-refractivity contribution in [3.05, 3.63) is 0 Å². The Morgan fingerprint density at radius 1 is 1.07 bits per heavy atom. The average Bonchev–Trinajstić information content (AvgIpc) is 2.22. The van der Waals surface area contributed by atoms with Gasteiger partial charge in [-0.1, -0.05) is 5.92 Å². The van der Waals surface area contributed by atoms with Crippen LogP contribution in [0.4, 0.5) is 0 Å². The Labute approximate surface area is 93.0 Å². The molecule has 1 atom stereocenters. The normalized spacial score (nSPS) is 48.9. The minimum atomic E-state index is 0.257. The van der Waals surface area contributed by atoms with Crippen LogP contribution in [0.3, 0.4) is 0 Å². The quantitative estimate of drug-likeness (QED) is 0.680. The maximum Gasteiger partial charge on any atom is 0.0660 e. The van der Waals surface area contributed by atoms with E-state index in [1.165, 1.54) is 32.1 Å². The van der Waals surface area contributed by atoms with Gasteiger partial charge in [-0.15, -0.1) is 6.42 Å². The number of nitrogens with one attached hydrogen (secondary N) is 1. The van der Waals surface area contributed by atoms with E-state index < -0.39 is 0 Å². The molecule has 0 spiro atoms. The standard InChI is InChI=1S/C14H21N/c1-3-9(2)15-14-12-5-10-4-11(7-12)8-13(14)6-10/h1,9-15H,4-8H2,2H3. The molecule has 0 aromatic heterocycles. The number of hydrogen-bond acceptors (Lipinski definition) is 1. The third kappa shape index (κ3) is 1.60. The molecule has 4 saturated carbocycles. The average molecular weight is 203 g/mol. The second kappa shape index (κ2) is 3.52. The summed E-state index contributed by atoms with van der Waals surface area (Å²) in [7, 11) is 0. The molecule has 4 bridgehead atoms. The van der Waals surface area contributed by atoms with Gasteiger partial charge in [0.2, 0.25) is 0 Å². The van der Waals surface area contributed by atoms with Gasteiger partial charge in [-0.2, -0.15) is 0 Å². The third-order valence-electron chi connectivity index (χ3n) is 4.92. The van der Waals surface area contributed by atoms with Crippen molar-refractivity contribution >= 4 is 0 Å². The Morgan fingerprint density at radius 3 is 2.07 bits per heavy atom.